The van der Waals surface area contributed by atoms with E-state index in [1.54, 1.807) is 0 Å². The Hall–Kier alpha value is 0.400. The summed E-state index contributed by atoms with van der Waals surface area (Å²) in [4.78, 5) is 2.57. The molecule has 1 aliphatic rings. The Bertz CT molecular complexity index is 131. The zero-order valence-electron chi connectivity index (χ0n) is 9.17. The third-order valence-electron chi connectivity index (χ3n) is 2.80. The molecule has 1 saturated heterocycles. The van der Waals surface area contributed by atoms with E-state index in [1.165, 1.54) is 38.9 Å². The normalized spacial score (nSPS) is 19.1. The van der Waals surface area contributed by atoms with Crippen LogP contribution >= 0.6 is 15.9 Å². The fraction of sp³-hybridized carbons (Fsp3) is 1.00. The van der Waals surface area contributed by atoms with Gasteiger partial charge >= 0.3 is 0 Å². The zero-order valence-corrected chi connectivity index (χ0v) is 10.8. The Balaban J connectivity index is 2.21. The Labute approximate surface area is 96.1 Å². The molecule has 3 heteroatoms. The third kappa shape index (κ3) is 4.76. The van der Waals surface area contributed by atoms with Gasteiger partial charge in [0.1, 0.15) is 0 Å². The van der Waals surface area contributed by atoms with E-state index in [2.05, 4.69) is 27.8 Å². The second-order valence-corrected chi connectivity index (χ2v) is 4.84. The maximum atomic E-state index is 5.37. The average molecular weight is 264 g/mol. The molecule has 0 spiro atoms. The number of hydrogen-bond donors (Lipinski definition) is 0. The molecule has 0 saturated carbocycles. The summed E-state index contributed by atoms with van der Waals surface area (Å²) in [6, 6.07) is 0. The van der Waals surface area contributed by atoms with Gasteiger partial charge in [-0.1, -0.05) is 22.9 Å². The average Bonchev–Trinajstić information content (AvgIpc) is 2.20. The van der Waals surface area contributed by atoms with Gasteiger partial charge in [-0.3, -0.25) is 0 Å². The molecule has 1 heterocycles. The fourth-order valence-corrected chi connectivity index (χ4v) is 2.53. The molecule has 1 fully saturated rings. The number of halogens is 1. The third-order valence-corrected chi connectivity index (χ3v) is 3.15. The van der Waals surface area contributed by atoms with Crippen molar-refractivity contribution in [2.24, 2.45) is 5.92 Å². The molecule has 0 aliphatic carbocycles. The first-order valence-electron chi connectivity index (χ1n) is 5.73. The lowest BCUT2D eigenvalue weighted by atomic mass is 10.00. The topological polar surface area (TPSA) is 12.5 Å². The zero-order chi connectivity index (χ0) is 10.2. The Morgan fingerprint density at radius 1 is 1.29 bits per heavy atom. The minimum atomic E-state index is 0.870. The van der Waals surface area contributed by atoms with Crippen LogP contribution in [0.4, 0.5) is 0 Å². The monoisotopic (exact) mass is 263 g/mol. The fourth-order valence-electron chi connectivity index (χ4n) is 2.02. The van der Waals surface area contributed by atoms with Gasteiger partial charge in [0.2, 0.25) is 0 Å². The smallest absolute Gasteiger partial charge is 0.0469 e. The van der Waals surface area contributed by atoms with Gasteiger partial charge in [-0.25, -0.2) is 0 Å². The molecule has 0 unspecified atom stereocenters. The van der Waals surface area contributed by atoms with Crippen LogP contribution in [0.15, 0.2) is 0 Å². The van der Waals surface area contributed by atoms with Crippen LogP contribution in [0, 0.1) is 5.92 Å². The van der Waals surface area contributed by atoms with Crippen LogP contribution < -0.4 is 0 Å². The van der Waals surface area contributed by atoms with Crippen molar-refractivity contribution >= 4 is 15.9 Å². The van der Waals surface area contributed by atoms with Gasteiger partial charge in [-0.15, -0.1) is 0 Å². The van der Waals surface area contributed by atoms with Crippen LogP contribution in [0.25, 0.3) is 0 Å². The predicted molar refractivity (Wildman–Crippen MR) is 64.1 cm³/mol. The first-order valence-corrected chi connectivity index (χ1v) is 6.85. The standard InChI is InChI=1S/C11H22BrNO/c1-2-6-13(7-5-12)10-11-3-8-14-9-4-11/h11H,2-10H2,1H3. The SMILES string of the molecule is CCCN(CCBr)CC1CCOCC1. The van der Waals surface area contributed by atoms with E-state index in [4.69, 9.17) is 4.74 Å². The molecule has 0 N–H and O–H groups in total. The lowest BCUT2D eigenvalue weighted by molar-refractivity contribution is 0.0534. The van der Waals surface area contributed by atoms with Gasteiger partial charge in [-0.05, 0) is 31.7 Å². The summed E-state index contributed by atoms with van der Waals surface area (Å²) in [6.45, 7) is 7.89. The van der Waals surface area contributed by atoms with Crippen molar-refractivity contribution in [3.63, 3.8) is 0 Å². The minimum absolute atomic E-state index is 0.870. The number of hydrogen-bond acceptors (Lipinski definition) is 2. The molecule has 84 valence electrons. The van der Waals surface area contributed by atoms with E-state index < -0.39 is 0 Å². The van der Waals surface area contributed by atoms with Crippen molar-refractivity contribution < 1.29 is 4.74 Å². The summed E-state index contributed by atoms with van der Waals surface area (Å²) in [5.74, 6) is 0.870. The molecule has 0 bridgehead atoms. The van der Waals surface area contributed by atoms with Crippen molar-refractivity contribution in [3.05, 3.63) is 0 Å². The highest BCUT2D eigenvalue weighted by molar-refractivity contribution is 9.09. The highest BCUT2D eigenvalue weighted by Crippen LogP contribution is 2.16. The molecule has 2 nitrogen and oxygen atoms in total. The second kappa shape index (κ2) is 7.66. The molecule has 0 amide bonds. The summed E-state index contributed by atoms with van der Waals surface area (Å²) < 4.78 is 5.37. The number of alkyl halides is 1. The highest BCUT2D eigenvalue weighted by atomic mass is 79.9. The van der Waals surface area contributed by atoms with Gasteiger partial charge in [0.15, 0.2) is 0 Å². The minimum Gasteiger partial charge on any atom is -0.381 e. The molecular weight excluding hydrogens is 242 g/mol. The van der Waals surface area contributed by atoms with Crippen LogP contribution in [0.3, 0.4) is 0 Å². The van der Waals surface area contributed by atoms with E-state index >= 15 is 0 Å². The van der Waals surface area contributed by atoms with E-state index in [0.717, 1.165) is 24.5 Å². The molecular formula is C11H22BrNO. The van der Waals surface area contributed by atoms with Gasteiger partial charge in [0, 0.05) is 31.6 Å². The summed E-state index contributed by atoms with van der Waals surface area (Å²) in [7, 11) is 0. The molecule has 0 atom stereocenters. The van der Waals surface area contributed by atoms with E-state index in [-0.39, 0.29) is 0 Å². The Kier molecular flexibility index (Phi) is 6.82. The maximum Gasteiger partial charge on any atom is 0.0469 e. The van der Waals surface area contributed by atoms with E-state index in [1.807, 2.05) is 0 Å². The quantitative estimate of drug-likeness (QED) is 0.683. The number of nitrogens with zero attached hydrogens (tertiary/aromatic N) is 1. The van der Waals surface area contributed by atoms with E-state index in [0.29, 0.717) is 0 Å². The number of rotatable bonds is 6. The number of ether oxygens (including phenoxy) is 1. The summed E-state index contributed by atoms with van der Waals surface area (Å²) >= 11 is 3.52. The molecule has 0 aromatic rings. The van der Waals surface area contributed by atoms with Crippen molar-refractivity contribution in [1.29, 1.82) is 0 Å². The van der Waals surface area contributed by atoms with Gasteiger partial charge < -0.3 is 9.64 Å². The highest BCUT2D eigenvalue weighted by Gasteiger charge is 2.16. The molecule has 0 aromatic carbocycles. The van der Waals surface area contributed by atoms with E-state index in [9.17, 15) is 0 Å². The van der Waals surface area contributed by atoms with Gasteiger partial charge in [-0.2, -0.15) is 0 Å². The lowest BCUT2D eigenvalue weighted by Gasteiger charge is -2.29. The van der Waals surface area contributed by atoms with Crippen LogP contribution in [0.1, 0.15) is 26.2 Å². The van der Waals surface area contributed by atoms with Crippen molar-refractivity contribution in [2.45, 2.75) is 26.2 Å². The van der Waals surface area contributed by atoms with Crippen molar-refractivity contribution in [2.75, 3.05) is 38.2 Å². The Morgan fingerprint density at radius 3 is 2.57 bits per heavy atom. The summed E-state index contributed by atoms with van der Waals surface area (Å²) in [6.07, 6.45) is 3.77. The molecule has 0 aromatic heterocycles. The first-order chi connectivity index (χ1) is 6.86. The largest absolute Gasteiger partial charge is 0.381 e. The van der Waals surface area contributed by atoms with Gasteiger partial charge in [0.05, 0.1) is 0 Å². The molecule has 1 rings (SSSR count). The first kappa shape index (κ1) is 12.5. The van der Waals surface area contributed by atoms with Gasteiger partial charge in [0.25, 0.3) is 0 Å². The van der Waals surface area contributed by atoms with Crippen LogP contribution in [-0.4, -0.2) is 43.1 Å². The summed E-state index contributed by atoms with van der Waals surface area (Å²) in [5.41, 5.74) is 0. The summed E-state index contributed by atoms with van der Waals surface area (Å²) in [5, 5.41) is 1.09. The maximum absolute atomic E-state index is 5.37. The molecule has 0 radical (unpaired) electrons. The predicted octanol–water partition coefficient (Wildman–Crippen LogP) is 2.52. The van der Waals surface area contributed by atoms with Crippen molar-refractivity contribution in [3.8, 4) is 0 Å². The van der Waals surface area contributed by atoms with Crippen LogP contribution in [-0.2, 0) is 4.74 Å². The molecule has 1 aliphatic heterocycles. The van der Waals surface area contributed by atoms with Crippen molar-refractivity contribution in [1.82, 2.24) is 4.90 Å². The second-order valence-electron chi connectivity index (χ2n) is 4.05. The van der Waals surface area contributed by atoms with Crippen LogP contribution in [0.5, 0.6) is 0 Å². The lowest BCUT2D eigenvalue weighted by Crippen LogP contribution is -2.34. The Morgan fingerprint density at radius 2 is 2.00 bits per heavy atom. The molecule has 14 heavy (non-hydrogen) atoms. The van der Waals surface area contributed by atoms with Crippen LogP contribution in [0.2, 0.25) is 0 Å².